The van der Waals surface area contributed by atoms with Crippen LogP contribution in [-0.2, 0) is 0 Å². The molecule has 0 aromatic heterocycles. The Hall–Kier alpha value is -1.69. The molecule has 0 aliphatic heterocycles. The molecule has 0 fully saturated rings. The van der Waals surface area contributed by atoms with Crippen LogP contribution < -0.4 is 5.32 Å². The van der Waals surface area contributed by atoms with Gasteiger partial charge in [-0.05, 0) is 12.5 Å². The van der Waals surface area contributed by atoms with Gasteiger partial charge in [0.2, 0.25) is 0 Å². The standard InChI is InChI=1S/C10H13FN2O3/c1-2-8(6-14)12-9-5-7(11)3-4-10(9)13(15)16/h3-5,8,12,14H,2,6H2,1H3. The number of halogens is 1. The van der Waals surface area contributed by atoms with Crippen LogP contribution in [0.15, 0.2) is 18.2 Å². The Labute approximate surface area is 92.1 Å². The lowest BCUT2D eigenvalue weighted by molar-refractivity contribution is -0.384. The van der Waals surface area contributed by atoms with Crippen LogP contribution in [0, 0.1) is 15.9 Å². The van der Waals surface area contributed by atoms with E-state index in [4.69, 9.17) is 5.11 Å². The molecule has 0 heterocycles. The van der Waals surface area contributed by atoms with Crippen LogP contribution in [0.5, 0.6) is 0 Å². The number of hydrogen-bond donors (Lipinski definition) is 2. The average molecular weight is 228 g/mol. The van der Waals surface area contributed by atoms with Gasteiger partial charge in [0, 0.05) is 18.2 Å². The third-order valence-corrected chi connectivity index (χ3v) is 2.23. The minimum atomic E-state index is -0.591. The van der Waals surface area contributed by atoms with E-state index < -0.39 is 10.7 Å². The quantitative estimate of drug-likeness (QED) is 0.596. The molecular formula is C10H13FN2O3. The molecule has 1 atom stereocenters. The van der Waals surface area contributed by atoms with Gasteiger partial charge in [0.15, 0.2) is 0 Å². The van der Waals surface area contributed by atoms with Crippen molar-refractivity contribution >= 4 is 11.4 Å². The van der Waals surface area contributed by atoms with E-state index in [1.54, 1.807) is 0 Å². The molecule has 5 nitrogen and oxygen atoms in total. The summed E-state index contributed by atoms with van der Waals surface area (Å²) in [7, 11) is 0. The van der Waals surface area contributed by atoms with Gasteiger partial charge in [-0.25, -0.2) is 4.39 Å². The molecule has 0 bridgehead atoms. The van der Waals surface area contributed by atoms with Crippen LogP contribution in [-0.4, -0.2) is 22.7 Å². The Kier molecular flexibility index (Phi) is 4.19. The number of nitro benzene ring substituents is 1. The van der Waals surface area contributed by atoms with Crippen LogP contribution in [0.2, 0.25) is 0 Å². The van der Waals surface area contributed by atoms with Crippen molar-refractivity contribution in [3.05, 3.63) is 34.1 Å². The van der Waals surface area contributed by atoms with E-state index in [-0.39, 0.29) is 24.0 Å². The van der Waals surface area contributed by atoms with Gasteiger partial charge in [-0.1, -0.05) is 6.92 Å². The van der Waals surface area contributed by atoms with Crippen LogP contribution in [0.25, 0.3) is 0 Å². The molecule has 0 amide bonds. The lowest BCUT2D eigenvalue weighted by Crippen LogP contribution is -2.23. The lowest BCUT2D eigenvalue weighted by atomic mass is 10.2. The minimum Gasteiger partial charge on any atom is -0.394 e. The van der Waals surface area contributed by atoms with Crippen molar-refractivity contribution < 1.29 is 14.4 Å². The highest BCUT2D eigenvalue weighted by atomic mass is 19.1. The molecule has 0 saturated carbocycles. The second-order valence-electron chi connectivity index (χ2n) is 3.35. The molecule has 88 valence electrons. The van der Waals surface area contributed by atoms with Gasteiger partial charge in [-0.2, -0.15) is 0 Å². The Morgan fingerprint density at radius 3 is 2.81 bits per heavy atom. The first-order chi connectivity index (χ1) is 7.58. The van der Waals surface area contributed by atoms with Gasteiger partial charge in [-0.3, -0.25) is 10.1 Å². The number of benzene rings is 1. The molecule has 0 saturated heterocycles. The highest BCUT2D eigenvalue weighted by Crippen LogP contribution is 2.25. The summed E-state index contributed by atoms with van der Waals surface area (Å²) in [5, 5.41) is 22.4. The minimum absolute atomic E-state index is 0.0888. The molecule has 1 unspecified atom stereocenters. The van der Waals surface area contributed by atoms with Crippen molar-refractivity contribution in [1.82, 2.24) is 0 Å². The number of nitrogens with zero attached hydrogens (tertiary/aromatic N) is 1. The molecule has 16 heavy (non-hydrogen) atoms. The molecule has 0 aliphatic carbocycles. The number of nitrogens with one attached hydrogen (secondary N) is 1. The summed E-state index contributed by atoms with van der Waals surface area (Å²) in [6.07, 6.45) is 0.587. The molecule has 0 spiro atoms. The number of rotatable bonds is 5. The predicted molar refractivity (Wildman–Crippen MR) is 57.8 cm³/mol. The topological polar surface area (TPSA) is 75.4 Å². The van der Waals surface area contributed by atoms with E-state index in [9.17, 15) is 14.5 Å². The van der Waals surface area contributed by atoms with E-state index in [0.29, 0.717) is 6.42 Å². The molecule has 6 heteroatoms. The zero-order valence-corrected chi connectivity index (χ0v) is 8.81. The summed E-state index contributed by atoms with van der Waals surface area (Å²) in [5.74, 6) is -0.555. The largest absolute Gasteiger partial charge is 0.394 e. The van der Waals surface area contributed by atoms with Gasteiger partial charge < -0.3 is 10.4 Å². The van der Waals surface area contributed by atoms with Crippen molar-refractivity contribution in [3.8, 4) is 0 Å². The Morgan fingerprint density at radius 1 is 1.62 bits per heavy atom. The highest BCUT2D eigenvalue weighted by molar-refractivity contribution is 5.61. The Bertz CT molecular complexity index is 380. The summed E-state index contributed by atoms with van der Waals surface area (Å²) >= 11 is 0. The van der Waals surface area contributed by atoms with Crippen molar-refractivity contribution in [2.45, 2.75) is 19.4 Å². The van der Waals surface area contributed by atoms with E-state index in [0.717, 1.165) is 18.2 Å². The molecule has 1 aromatic rings. The number of hydrogen-bond acceptors (Lipinski definition) is 4. The fraction of sp³-hybridized carbons (Fsp3) is 0.400. The van der Waals surface area contributed by atoms with Gasteiger partial charge in [-0.15, -0.1) is 0 Å². The van der Waals surface area contributed by atoms with Crippen molar-refractivity contribution in [2.24, 2.45) is 0 Å². The molecule has 1 rings (SSSR count). The Balaban J connectivity index is 3.00. The fourth-order valence-electron chi connectivity index (χ4n) is 1.28. The van der Waals surface area contributed by atoms with E-state index in [1.807, 2.05) is 6.92 Å². The second-order valence-corrected chi connectivity index (χ2v) is 3.35. The van der Waals surface area contributed by atoms with Gasteiger partial charge >= 0.3 is 0 Å². The molecule has 1 aromatic carbocycles. The summed E-state index contributed by atoms with van der Waals surface area (Å²) in [6.45, 7) is 1.66. The highest BCUT2D eigenvalue weighted by Gasteiger charge is 2.16. The van der Waals surface area contributed by atoms with Crippen LogP contribution in [0.4, 0.5) is 15.8 Å². The average Bonchev–Trinajstić information content (AvgIpc) is 2.25. The van der Waals surface area contributed by atoms with Crippen molar-refractivity contribution in [2.75, 3.05) is 11.9 Å². The molecule has 2 N–H and O–H groups in total. The monoisotopic (exact) mass is 228 g/mol. The lowest BCUT2D eigenvalue weighted by Gasteiger charge is -2.15. The Morgan fingerprint density at radius 2 is 2.31 bits per heavy atom. The van der Waals surface area contributed by atoms with E-state index in [2.05, 4.69) is 5.32 Å². The van der Waals surface area contributed by atoms with Crippen molar-refractivity contribution in [3.63, 3.8) is 0 Å². The van der Waals surface area contributed by atoms with Crippen LogP contribution in [0.1, 0.15) is 13.3 Å². The first-order valence-corrected chi connectivity index (χ1v) is 4.89. The maximum Gasteiger partial charge on any atom is 0.292 e. The number of aliphatic hydroxyl groups is 1. The zero-order valence-electron chi connectivity index (χ0n) is 8.81. The van der Waals surface area contributed by atoms with Gasteiger partial charge in [0.25, 0.3) is 5.69 Å². The van der Waals surface area contributed by atoms with E-state index >= 15 is 0 Å². The molecular weight excluding hydrogens is 215 g/mol. The normalized spacial score (nSPS) is 12.2. The predicted octanol–water partition coefficient (Wildman–Crippen LogP) is 1.92. The maximum absolute atomic E-state index is 12.9. The second kappa shape index (κ2) is 5.41. The zero-order chi connectivity index (χ0) is 12.1. The van der Waals surface area contributed by atoms with Crippen molar-refractivity contribution in [1.29, 1.82) is 0 Å². The van der Waals surface area contributed by atoms with Crippen LogP contribution >= 0.6 is 0 Å². The third-order valence-electron chi connectivity index (χ3n) is 2.23. The van der Waals surface area contributed by atoms with Crippen LogP contribution in [0.3, 0.4) is 0 Å². The summed E-state index contributed by atoms with van der Waals surface area (Å²) < 4.78 is 12.9. The number of nitro groups is 1. The molecule has 0 aliphatic rings. The molecule has 0 radical (unpaired) electrons. The number of aliphatic hydroxyl groups excluding tert-OH is 1. The third kappa shape index (κ3) is 2.90. The van der Waals surface area contributed by atoms with Gasteiger partial charge in [0.05, 0.1) is 11.5 Å². The van der Waals surface area contributed by atoms with E-state index in [1.165, 1.54) is 0 Å². The fourth-order valence-corrected chi connectivity index (χ4v) is 1.28. The summed E-state index contributed by atoms with van der Waals surface area (Å²) in [4.78, 5) is 10.1. The number of anilines is 1. The summed E-state index contributed by atoms with van der Waals surface area (Å²) in [5.41, 5.74) is -0.112. The SMILES string of the molecule is CCC(CO)Nc1cc(F)ccc1[N+](=O)[O-]. The first-order valence-electron chi connectivity index (χ1n) is 4.89. The smallest absolute Gasteiger partial charge is 0.292 e. The maximum atomic E-state index is 12.9. The first kappa shape index (κ1) is 12.4. The van der Waals surface area contributed by atoms with Gasteiger partial charge in [0.1, 0.15) is 11.5 Å². The summed E-state index contributed by atoms with van der Waals surface area (Å²) in [6, 6.07) is 2.86.